The third-order valence-electron chi connectivity index (χ3n) is 7.18. The minimum Gasteiger partial charge on any atom is -0.493 e. The van der Waals surface area contributed by atoms with Gasteiger partial charge in [0.2, 0.25) is 0 Å². The Labute approximate surface area is 210 Å². The molecule has 1 aliphatic rings. The van der Waals surface area contributed by atoms with Crippen molar-refractivity contribution < 1.29 is 28.8 Å². The minimum atomic E-state index is -0.828. The van der Waals surface area contributed by atoms with Crippen molar-refractivity contribution in [2.45, 2.75) is 76.5 Å². The molecule has 2 rings (SSSR count). The average Bonchev–Trinajstić information content (AvgIpc) is 3.35. The Morgan fingerprint density at radius 3 is 2.46 bits per heavy atom. The lowest BCUT2D eigenvalue weighted by Crippen LogP contribution is -2.51. The molecule has 0 radical (unpaired) electrons. The van der Waals surface area contributed by atoms with E-state index in [2.05, 4.69) is 19.2 Å². The number of carbonyl (C=O) groups excluding carboxylic acids is 1. The van der Waals surface area contributed by atoms with Crippen LogP contribution >= 0.6 is 0 Å². The van der Waals surface area contributed by atoms with Crippen LogP contribution in [0.2, 0.25) is 0 Å². The summed E-state index contributed by atoms with van der Waals surface area (Å²) in [5.41, 5.74) is 6.76. The monoisotopic (exact) mass is 494 g/mol. The van der Waals surface area contributed by atoms with E-state index >= 15 is 0 Å². The van der Waals surface area contributed by atoms with Gasteiger partial charge in [-0.1, -0.05) is 19.9 Å². The summed E-state index contributed by atoms with van der Waals surface area (Å²) < 4.78 is 22.0. The van der Waals surface area contributed by atoms with Crippen LogP contribution in [-0.4, -0.2) is 69.8 Å². The zero-order valence-electron chi connectivity index (χ0n) is 22.2. The van der Waals surface area contributed by atoms with E-state index in [1.54, 1.807) is 21.3 Å². The fourth-order valence-corrected chi connectivity index (χ4v) is 4.73. The summed E-state index contributed by atoms with van der Waals surface area (Å²) in [6.45, 7) is 5.65. The number of hydrogen-bond acceptors (Lipinski definition) is 7. The molecule has 8 heteroatoms. The van der Waals surface area contributed by atoms with Crippen molar-refractivity contribution in [3.8, 4) is 11.5 Å². The Kier molecular flexibility index (Phi) is 12.3. The van der Waals surface area contributed by atoms with E-state index in [9.17, 15) is 9.90 Å². The second kappa shape index (κ2) is 14.6. The first-order valence-corrected chi connectivity index (χ1v) is 12.8. The summed E-state index contributed by atoms with van der Waals surface area (Å²) in [7, 11) is 4.89. The molecule has 0 heterocycles. The quantitative estimate of drug-likeness (QED) is 0.303. The Balaban J connectivity index is 1.95. The molecule has 4 N–H and O–H groups in total. The summed E-state index contributed by atoms with van der Waals surface area (Å²) in [4.78, 5) is 12.7. The Morgan fingerprint density at radius 2 is 1.86 bits per heavy atom. The number of hydrogen-bond donors (Lipinski definition) is 3. The lowest BCUT2D eigenvalue weighted by atomic mass is 9.83. The number of nitrogens with two attached hydrogens (primary N) is 1. The van der Waals surface area contributed by atoms with Crippen LogP contribution in [0.15, 0.2) is 18.2 Å². The second-order valence-electron chi connectivity index (χ2n) is 9.97. The first-order valence-electron chi connectivity index (χ1n) is 12.8. The van der Waals surface area contributed by atoms with Crippen molar-refractivity contribution in [2.24, 2.45) is 17.6 Å². The largest absolute Gasteiger partial charge is 0.493 e. The van der Waals surface area contributed by atoms with Crippen LogP contribution in [-0.2, 0) is 20.7 Å². The van der Waals surface area contributed by atoms with Crippen LogP contribution in [0.1, 0.15) is 57.9 Å². The predicted molar refractivity (Wildman–Crippen MR) is 137 cm³/mol. The van der Waals surface area contributed by atoms with Crippen molar-refractivity contribution >= 4 is 5.91 Å². The molecule has 8 nitrogen and oxygen atoms in total. The Morgan fingerprint density at radius 1 is 1.14 bits per heavy atom. The third kappa shape index (κ3) is 8.63. The van der Waals surface area contributed by atoms with E-state index in [-0.39, 0.29) is 18.4 Å². The molecule has 1 aromatic rings. The number of methoxy groups -OCH3 is 3. The van der Waals surface area contributed by atoms with Gasteiger partial charge in [0.15, 0.2) is 11.5 Å². The first kappa shape index (κ1) is 29.4. The number of ether oxygens (including phenoxy) is 4. The molecule has 1 aliphatic carbocycles. The van der Waals surface area contributed by atoms with E-state index in [4.69, 9.17) is 24.7 Å². The van der Waals surface area contributed by atoms with Gasteiger partial charge in [0.1, 0.15) is 5.60 Å². The fraction of sp³-hybridized carbons (Fsp3) is 0.741. The number of nitrogens with one attached hydrogen (secondary N) is 1. The van der Waals surface area contributed by atoms with E-state index in [0.29, 0.717) is 44.1 Å². The average molecular weight is 495 g/mol. The Hall–Kier alpha value is -1.87. The summed E-state index contributed by atoms with van der Waals surface area (Å²) in [5, 5.41) is 13.6. The topological polar surface area (TPSA) is 112 Å². The van der Waals surface area contributed by atoms with Gasteiger partial charge in [0, 0.05) is 39.8 Å². The van der Waals surface area contributed by atoms with Crippen LogP contribution in [0.3, 0.4) is 0 Å². The highest BCUT2D eigenvalue weighted by molar-refractivity contribution is 5.85. The van der Waals surface area contributed by atoms with Crippen LogP contribution < -0.4 is 20.5 Å². The van der Waals surface area contributed by atoms with Gasteiger partial charge >= 0.3 is 0 Å². The standard InChI is InChI=1S/C27H46N2O6/c1-19(2)21(15-20-9-10-24(33-4)25(16-20)35-14-8-13-32-3)17-22(28)23(30)18-29-26(31)27(34-5)11-6-7-12-27/h9-10,16,19,21-23,30H,6-8,11-15,17-18,28H2,1-5H3,(H,29,31)/t21-,22-,23-/m0/s1. The Bertz CT molecular complexity index is 766. The number of benzene rings is 1. The van der Waals surface area contributed by atoms with Gasteiger partial charge in [-0.05, 0) is 68.1 Å². The number of amides is 1. The predicted octanol–water partition coefficient (Wildman–Crippen LogP) is 3.08. The molecule has 0 unspecified atom stereocenters. The maximum atomic E-state index is 12.7. The van der Waals surface area contributed by atoms with Crippen LogP contribution in [0.25, 0.3) is 0 Å². The lowest BCUT2D eigenvalue weighted by Gasteiger charge is -2.29. The zero-order chi connectivity index (χ0) is 25.8. The summed E-state index contributed by atoms with van der Waals surface area (Å²) >= 11 is 0. The molecule has 0 aromatic heterocycles. The number of carbonyl (C=O) groups is 1. The van der Waals surface area contributed by atoms with Gasteiger partial charge in [-0.15, -0.1) is 0 Å². The molecular formula is C27H46N2O6. The highest BCUT2D eigenvalue weighted by atomic mass is 16.5. The third-order valence-corrected chi connectivity index (χ3v) is 7.18. The smallest absolute Gasteiger partial charge is 0.252 e. The first-order chi connectivity index (χ1) is 16.8. The molecule has 0 bridgehead atoms. The molecule has 1 saturated carbocycles. The second-order valence-corrected chi connectivity index (χ2v) is 9.97. The normalized spacial score (nSPS) is 17.7. The van der Waals surface area contributed by atoms with E-state index < -0.39 is 17.7 Å². The zero-order valence-corrected chi connectivity index (χ0v) is 22.2. The van der Waals surface area contributed by atoms with Gasteiger partial charge in [-0.25, -0.2) is 0 Å². The van der Waals surface area contributed by atoms with E-state index in [0.717, 1.165) is 37.0 Å². The molecular weight excluding hydrogens is 448 g/mol. The van der Waals surface area contributed by atoms with Crippen molar-refractivity contribution in [3.63, 3.8) is 0 Å². The van der Waals surface area contributed by atoms with Crippen LogP contribution in [0, 0.1) is 11.8 Å². The van der Waals surface area contributed by atoms with Crippen LogP contribution in [0.4, 0.5) is 0 Å². The van der Waals surface area contributed by atoms with Crippen molar-refractivity contribution in [2.75, 3.05) is 41.1 Å². The van der Waals surface area contributed by atoms with Crippen molar-refractivity contribution in [1.82, 2.24) is 5.32 Å². The fourth-order valence-electron chi connectivity index (χ4n) is 4.73. The van der Waals surface area contributed by atoms with Gasteiger partial charge in [0.05, 0.1) is 19.8 Å². The maximum Gasteiger partial charge on any atom is 0.252 e. The SMILES string of the molecule is COCCCOc1cc(C[C@@H](C[C@H](N)[C@@H](O)CNC(=O)C2(OC)CCCC2)C(C)C)ccc1OC. The number of rotatable bonds is 16. The van der Waals surface area contributed by atoms with Gasteiger partial charge < -0.3 is 35.1 Å². The summed E-state index contributed by atoms with van der Waals surface area (Å²) in [6.07, 6.45) is 4.80. The molecule has 1 aromatic carbocycles. The molecule has 3 atom stereocenters. The number of aliphatic hydroxyl groups is 1. The lowest BCUT2D eigenvalue weighted by molar-refractivity contribution is -0.143. The van der Waals surface area contributed by atoms with Gasteiger partial charge in [0.25, 0.3) is 5.91 Å². The molecule has 0 spiro atoms. The summed E-state index contributed by atoms with van der Waals surface area (Å²) in [6, 6.07) is 5.55. The molecule has 35 heavy (non-hydrogen) atoms. The molecule has 1 fully saturated rings. The van der Waals surface area contributed by atoms with Crippen molar-refractivity contribution in [1.29, 1.82) is 0 Å². The van der Waals surface area contributed by atoms with E-state index in [1.807, 2.05) is 18.2 Å². The maximum absolute atomic E-state index is 12.7. The van der Waals surface area contributed by atoms with Crippen LogP contribution in [0.5, 0.6) is 11.5 Å². The van der Waals surface area contributed by atoms with Gasteiger partial charge in [-0.3, -0.25) is 4.79 Å². The minimum absolute atomic E-state index is 0.123. The summed E-state index contributed by atoms with van der Waals surface area (Å²) in [5.74, 6) is 1.89. The van der Waals surface area contributed by atoms with Crippen molar-refractivity contribution in [3.05, 3.63) is 23.8 Å². The molecule has 0 saturated heterocycles. The van der Waals surface area contributed by atoms with Gasteiger partial charge in [-0.2, -0.15) is 0 Å². The highest BCUT2D eigenvalue weighted by Gasteiger charge is 2.41. The molecule has 1 amide bonds. The molecule has 0 aliphatic heterocycles. The highest BCUT2D eigenvalue weighted by Crippen LogP contribution is 2.33. The van der Waals surface area contributed by atoms with E-state index in [1.165, 1.54) is 0 Å². The molecule has 200 valence electrons. The number of aliphatic hydroxyl groups excluding tert-OH is 1.